The van der Waals surface area contributed by atoms with Gasteiger partial charge in [-0.05, 0) is 70.0 Å². The van der Waals surface area contributed by atoms with Crippen molar-refractivity contribution in [1.29, 1.82) is 0 Å². The standard InChI is InChI=1S/C19H22BrNO2S/c1-22-17-10-15-14(18(20)19(17)23-2)8-9-21-11-16(15)12-4-6-13(24-3)7-5-12/h4-7,10,16,21H,8-9,11H2,1-3H3. The van der Waals surface area contributed by atoms with Gasteiger partial charge in [-0.15, -0.1) is 11.8 Å². The lowest BCUT2D eigenvalue weighted by Gasteiger charge is -2.22. The van der Waals surface area contributed by atoms with Crippen LogP contribution in [0.2, 0.25) is 0 Å². The third-order valence-electron chi connectivity index (χ3n) is 4.54. The van der Waals surface area contributed by atoms with E-state index in [4.69, 9.17) is 9.47 Å². The Labute approximate surface area is 156 Å². The summed E-state index contributed by atoms with van der Waals surface area (Å²) >= 11 is 5.51. The van der Waals surface area contributed by atoms with Crippen molar-refractivity contribution in [3.8, 4) is 11.5 Å². The monoisotopic (exact) mass is 407 g/mol. The van der Waals surface area contributed by atoms with Crippen LogP contribution in [0.3, 0.4) is 0 Å². The summed E-state index contributed by atoms with van der Waals surface area (Å²) in [5, 5.41) is 3.57. The number of ether oxygens (including phenoxy) is 2. The average Bonchev–Trinajstić information content (AvgIpc) is 2.84. The molecular weight excluding hydrogens is 386 g/mol. The van der Waals surface area contributed by atoms with Crippen LogP contribution >= 0.6 is 27.7 Å². The van der Waals surface area contributed by atoms with Crippen LogP contribution in [-0.2, 0) is 6.42 Å². The van der Waals surface area contributed by atoms with Gasteiger partial charge in [0.05, 0.1) is 18.7 Å². The van der Waals surface area contributed by atoms with Crippen LogP contribution in [0, 0.1) is 0 Å². The Balaban J connectivity index is 2.12. The van der Waals surface area contributed by atoms with Crippen LogP contribution in [0.15, 0.2) is 39.7 Å². The van der Waals surface area contributed by atoms with E-state index in [1.54, 1.807) is 26.0 Å². The van der Waals surface area contributed by atoms with Crippen LogP contribution < -0.4 is 14.8 Å². The molecular formula is C19H22BrNO2S. The van der Waals surface area contributed by atoms with E-state index in [0.717, 1.165) is 35.5 Å². The lowest BCUT2D eigenvalue weighted by atomic mass is 9.87. The summed E-state index contributed by atoms with van der Waals surface area (Å²) in [6.45, 7) is 1.88. The molecule has 0 radical (unpaired) electrons. The van der Waals surface area contributed by atoms with Crippen molar-refractivity contribution >= 4 is 27.7 Å². The molecule has 0 saturated carbocycles. The highest BCUT2D eigenvalue weighted by molar-refractivity contribution is 9.10. The van der Waals surface area contributed by atoms with Gasteiger partial charge in [0.2, 0.25) is 0 Å². The zero-order valence-corrected chi connectivity index (χ0v) is 16.6. The largest absolute Gasteiger partial charge is 0.493 e. The molecule has 5 heteroatoms. The molecule has 0 fully saturated rings. The topological polar surface area (TPSA) is 30.5 Å². The van der Waals surface area contributed by atoms with Crippen molar-refractivity contribution in [1.82, 2.24) is 5.32 Å². The van der Waals surface area contributed by atoms with E-state index >= 15 is 0 Å². The quantitative estimate of drug-likeness (QED) is 0.757. The highest BCUT2D eigenvalue weighted by Crippen LogP contribution is 2.44. The second kappa shape index (κ2) is 7.81. The van der Waals surface area contributed by atoms with Gasteiger partial charge in [-0.1, -0.05) is 12.1 Å². The molecule has 2 aromatic carbocycles. The second-order valence-electron chi connectivity index (χ2n) is 5.77. The third-order valence-corrected chi connectivity index (χ3v) is 6.12. The fourth-order valence-corrected chi connectivity index (χ4v) is 4.47. The minimum Gasteiger partial charge on any atom is -0.493 e. The number of hydrogen-bond donors (Lipinski definition) is 1. The first-order valence-corrected chi connectivity index (χ1v) is 9.99. The molecule has 1 unspecified atom stereocenters. The van der Waals surface area contributed by atoms with Gasteiger partial charge in [0.1, 0.15) is 0 Å². The van der Waals surface area contributed by atoms with E-state index in [0.29, 0.717) is 5.92 Å². The summed E-state index contributed by atoms with van der Waals surface area (Å²) in [7, 11) is 3.37. The highest BCUT2D eigenvalue weighted by Gasteiger charge is 2.26. The minimum atomic E-state index is 0.300. The molecule has 0 spiro atoms. The molecule has 24 heavy (non-hydrogen) atoms. The fourth-order valence-electron chi connectivity index (χ4n) is 3.28. The molecule has 0 amide bonds. The number of rotatable bonds is 4. The number of fused-ring (bicyclic) bond motifs is 1. The van der Waals surface area contributed by atoms with Gasteiger partial charge in [-0.25, -0.2) is 0 Å². The van der Waals surface area contributed by atoms with Crippen LogP contribution in [0.1, 0.15) is 22.6 Å². The van der Waals surface area contributed by atoms with E-state index in [2.05, 4.69) is 57.8 Å². The van der Waals surface area contributed by atoms with Gasteiger partial charge < -0.3 is 14.8 Å². The fraction of sp³-hybridized carbons (Fsp3) is 0.368. The Morgan fingerprint density at radius 2 is 1.92 bits per heavy atom. The summed E-state index contributed by atoms with van der Waals surface area (Å²) in [5.74, 6) is 1.85. The lowest BCUT2D eigenvalue weighted by Crippen LogP contribution is -2.20. The van der Waals surface area contributed by atoms with Gasteiger partial charge >= 0.3 is 0 Å². The molecule has 0 bridgehead atoms. The lowest BCUT2D eigenvalue weighted by molar-refractivity contribution is 0.352. The van der Waals surface area contributed by atoms with Gasteiger partial charge in [-0.3, -0.25) is 0 Å². The molecule has 0 aromatic heterocycles. The Hall–Kier alpha value is -1.17. The first-order valence-electron chi connectivity index (χ1n) is 7.97. The Kier molecular flexibility index (Phi) is 5.74. The number of benzene rings is 2. The van der Waals surface area contributed by atoms with Crippen molar-refractivity contribution in [2.24, 2.45) is 0 Å². The smallest absolute Gasteiger partial charge is 0.175 e. The highest BCUT2D eigenvalue weighted by atomic mass is 79.9. The Bertz CT molecular complexity index is 718. The second-order valence-corrected chi connectivity index (χ2v) is 7.45. The van der Waals surface area contributed by atoms with Gasteiger partial charge in [0, 0.05) is 17.4 Å². The molecule has 1 aliphatic rings. The van der Waals surface area contributed by atoms with Crippen molar-refractivity contribution in [2.45, 2.75) is 17.2 Å². The predicted molar refractivity (Wildman–Crippen MR) is 104 cm³/mol. The summed E-state index contributed by atoms with van der Waals surface area (Å²) in [4.78, 5) is 1.29. The number of hydrogen-bond acceptors (Lipinski definition) is 4. The molecule has 0 saturated heterocycles. The SMILES string of the molecule is COc1cc2c(c(Br)c1OC)CCNCC2c1ccc(SC)cc1. The third kappa shape index (κ3) is 3.30. The number of halogens is 1. The van der Waals surface area contributed by atoms with E-state index in [1.807, 2.05) is 0 Å². The van der Waals surface area contributed by atoms with Crippen molar-refractivity contribution in [2.75, 3.05) is 33.6 Å². The summed E-state index contributed by atoms with van der Waals surface area (Å²) in [6.07, 6.45) is 3.07. The van der Waals surface area contributed by atoms with Crippen molar-refractivity contribution in [3.63, 3.8) is 0 Å². The summed E-state index contributed by atoms with van der Waals surface area (Å²) < 4.78 is 12.1. The molecule has 3 rings (SSSR count). The zero-order chi connectivity index (χ0) is 17.1. The number of methoxy groups -OCH3 is 2. The van der Waals surface area contributed by atoms with Gasteiger partial charge in [0.15, 0.2) is 11.5 Å². The maximum absolute atomic E-state index is 5.57. The maximum atomic E-state index is 5.57. The summed E-state index contributed by atoms with van der Waals surface area (Å²) in [5.41, 5.74) is 3.93. The van der Waals surface area contributed by atoms with E-state index in [9.17, 15) is 0 Å². The molecule has 1 N–H and O–H groups in total. The van der Waals surface area contributed by atoms with Crippen LogP contribution in [0.4, 0.5) is 0 Å². The van der Waals surface area contributed by atoms with Crippen LogP contribution in [0.25, 0.3) is 0 Å². The van der Waals surface area contributed by atoms with Gasteiger partial charge in [0.25, 0.3) is 0 Å². The Morgan fingerprint density at radius 3 is 2.54 bits per heavy atom. The molecule has 2 aromatic rings. The molecule has 1 heterocycles. The van der Waals surface area contributed by atoms with Crippen molar-refractivity contribution in [3.05, 3.63) is 51.5 Å². The molecule has 128 valence electrons. The average molecular weight is 408 g/mol. The number of thioether (sulfide) groups is 1. The zero-order valence-electron chi connectivity index (χ0n) is 14.2. The van der Waals surface area contributed by atoms with E-state index in [-0.39, 0.29) is 0 Å². The van der Waals surface area contributed by atoms with E-state index in [1.165, 1.54) is 21.6 Å². The molecule has 1 atom stereocenters. The van der Waals surface area contributed by atoms with Crippen LogP contribution in [-0.4, -0.2) is 33.6 Å². The van der Waals surface area contributed by atoms with Crippen molar-refractivity contribution < 1.29 is 9.47 Å². The molecule has 1 aliphatic heterocycles. The predicted octanol–water partition coefficient (Wildman–Crippen LogP) is 4.47. The molecule has 3 nitrogen and oxygen atoms in total. The molecule has 0 aliphatic carbocycles. The van der Waals surface area contributed by atoms with Gasteiger partial charge in [-0.2, -0.15) is 0 Å². The first-order chi connectivity index (χ1) is 11.7. The minimum absolute atomic E-state index is 0.300. The first kappa shape index (κ1) is 17.6. The maximum Gasteiger partial charge on any atom is 0.175 e. The Morgan fingerprint density at radius 1 is 1.17 bits per heavy atom. The van der Waals surface area contributed by atoms with E-state index < -0.39 is 0 Å². The number of nitrogens with one attached hydrogen (secondary N) is 1. The summed E-state index contributed by atoms with van der Waals surface area (Å²) in [6, 6.07) is 11.0. The van der Waals surface area contributed by atoms with Crippen LogP contribution in [0.5, 0.6) is 11.5 Å². The normalized spacial score (nSPS) is 17.1.